The summed E-state index contributed by atoms with van der Waals surface area (Å²) in [6, 6.07) is 0. The van der Waals surface area contributed by atoms with Crippen LogP contribution in [0.25, 0.3) is 0 Å². The van der Waals surface area contributed by atoms with E-state index in [4.69, 9.17) is 44.8 Å². The SMILES string of the molecule is COC(=O)CCOCCOCCOCCOCCOCCOCCOCCCl. The third-order valence-corrected chi connectivity index (χ3v) is 3.29. The molecule has 0 aromatic rings. The summed E-state index contributed by atoms with van der Waals surface area (Å²) in [7, 11) is 1.35. The lowest BCUT2D eigenvalue weighted by Gasteiger charge is -2.08. The van der Waals surface area contributed by atoms with Gasteiger partial charge in [-0.3, -0.25) is 4.79 Å². The van der Waals surface area contributed by atoms with Crippen molar-refractivity contribution in [2.45, 2.75) is 6.42 Å². The number of hydrogen-bond acceptors (Lipinski definition) is 9. The predicted molar refractivity (Wildman–Crippen MR) is 103 cm³/mol. The summed E-state index contributed by atoms with van der Waals surface area (Å²) in [4.78, 5) is 10.8. The Morgan fingerprint density at radius 1 is 0.536 bits per heavy atom. The lowest BCUT2D eigenvalue weighted by Crippen LogP contribution is -2.15. The molecule has 0 saturated heterocycles. The first-order valence-electron chi connectivity index (χ1n) is 9.48. The summed E-state index contributed by atoms with van der Waals surface area (Å²) >= 11 is 5.48. The molecule has 0 aliphatic rings. The number of ether oxygens (including phenoxy) is 8. The zero-order chi connectivity index (χ0) is 20.5. The molecule has 0 fully saturated rings. The minimum atomic E-state index is -0.280. The van der Waals surface area contributed by atoms with Gasteiger partial charge in [0.15, 0.2) is 0 Å². The number of esters is 1. The Bertz CT molecular complexity index is 321. The van der Waals surface area contributed by atoms with Gasteiger partial charge in [-0.2, -0.15) is 0 Å². The number of rotatable bonds is 23. The van der Waals surface area contributed by atoms with Crippen molar-refractivity contribution in [2.24, 2.45) is 0 Å². The average molecular weight is 431 g/mol. The fourth-order valence-electron chi connectivity index (χ4n) is 1.73. The molecule has 0 rings (SSSR count). The predicted octanol–water partition coefficient (Wildman–Crippen LogP) is 0.905. The molecule has 0 atom stereocenters. The van der Waals surface area contributed by atoms with E-state index in [0.29, 0.717) is 98.4 Å². The summed E-state index contributed by atoms with van der Waals surface area (Å²) in [5.41, 5.74) is 0. The van der Waals surface area contributed by atoms with Gasteiger partial charge in [0, 0.05) is 5.88 Å². The van der Waals surface area contributed by atoms with Crippen LogP contribution >= 0.6 is 11.6 Å². The van der Waals surface area contributed by atoms with Gasteiger partial charge in [0.1, 0.15) is 0 Å². The molecular weight excluding hydrogens is 396 g/mol. The molecule has 0 amide bonds. The first kappa shape index (κ1) is 27.5. The second-order valence-corrected chi connectivity index (χ2v) is 5.68. The van der Waals surface area contributed by atoms with Crippen LogP contribution in [0.2, 0.25) is 0 Å². The molecule has 0 N–H and O–H groups in total. The number of alkyl halides is 1. The minimum Gasteiger partial charge on any atom is -0.469 e. The maximum Gasteiger partial charge on any atom is 0.307 e. The zero-order valence-electron chi connectivity index (χ0n) is 16.9. The van der Waals surface area contributed by atoms with Gasteiger partial charge in [-0.1, -0.05) is 0 Å². The van der Waals surface area contributed by atoms with Gasteiger partial charge in [0.2, 0.25) is 0 Å². The normalized spacial score (nSPS) is 11.1. The Kier molecular flexibility index (Phi) is 24.1. The van der Waals surface area contributed by atoms with Gasteiger partial charge in [-0.05, 0) is 0 Å². The van der Waals surface area contributed by atoms with Crippen molar-refractivity contribution in [1.82, 2.24) is 0 Å². The molecule has 0 aromatic carbocycles. The van der Waals surface area contributed by atoms with Crippen molar-refractivity contribution >= 4 is 17.6 Å². The van der Waals surface area contributed by atoms with Crippen LogP contribution in [0.3, 0.4) is 0 Å². The van der Waals surface area contributed by atoms with E-state index < -0.39 is 0 Å². The van der Waals surface area contributed by atoms with Crippen molar-refractivity contribution < 1.29 is 42.7 Å². The fourth-order valence-corrected chi connectivity index (χ4v) is 1.84. The molecular formula is C18H35ClO9. The van der Waals surface area contributed by atoms with Crippen molar-refractivity contribution in [3.05, 3.63) is 0 Å². The van der Waals surface area contributed by atoms with Gasteiger partial charge >= 0.3 is 5.97 Å². The summed E-state index contributed by atoms with van der Waals surface area (Å²) in [5, 5.41) is 0. The molecule has 28 heavy (non-hydrogen) atoms. The van der Waals surface area contributed by atoms with Gasteiger partial charge in [0.25, 0.3) is 0 Å². The summed E-state index contributed by atoms with van der Waals surface area (Å²) in [5.74, 6) is 0.218. The number of carbonyl (C=O) groups is 1. The van der Waals surface area contributed by atoms with Crippen LogP contribution in [0.15, 0.2) is 0 Å². The number of hydrogen-bond donors (Lipinski definition) is 0. The highest BCUT2D eigenvalue weighted by atomic mass is 35.5. The third kappa shape index (κ3) is 23.5. The van der Waals surface area contributed by atoms with Crippen LogP contribution in [0.5, 0.6) is 0 Å². The highest BCUT2D eigenvalue weighted by Gasteiger charge is 1.99. The molecule has 0 unspecified atom stereocenters. The van der Waals surface area contributed by atoms with Gasteiger partial charge in [0.05, 0.1) is 106 Å². The quantitative estimate of drug-likeness (QED) is 0.133. The van der Waals surface area contributed by atoms with Crippen molar-refractivity contribution in [2.75, 3.05) is 105 Å². The smallest absolute Gasteiger partial charge is 0.307 e. The van der Waals surface area contributed by atoms with E-state index in [2.05, 4.69) is 4.74 Å². The monoisotopic (exact) mass is 430 g/mol. The fraction of sp³-hybridized carbons (Fsp3) is 0.944. The van der Waals surface area contributed by atoms with Crippen LogP contribution in [0, 0.1) is 0 Å². The third-order valence-electron chi connectivity index (χ3n) is 3.13. The Labute approximate surface area is 172 Å². The zero-order valence-corrected chi connectivity index (χ0v) is 17.6. The van der Waals surface area contributed by atoms with Crippen molar-refractivity contribution in [1.29, 1.82) is 0 Å². The van der Waals surface area contributed by atoms with E-state index >= 15 is 0 Å². The van der Waals surface area contributed by atoms with E-state index in [0.717, 1.165) is 0 Å². The highest BCUT2D eigenvalue weighted by molar-refractivity contribution is 6.17. The Morgan fingerprint density at radius 2 is 0.821 bits per heavy atom. The van der Waals surface area contributed by atoms with E-state index in [1.807, 2.05) is 0 Å². The summed E-state index contributed by atoms with van der Waals surface area (Å²) < 4.78 is 41.7. The second-order valence-electron chi connectivity index (χ2n) is 5.30. The second kappa shape index (κ2) is 24.5. The van der Waals surface area contributed by atoms with E-state index in [-0.39, 0.29) is 12.4 Å². The van der Waals surface area contributed by atoms with Crippen LogP contribution < -0.4 is 0 Å². The van der Waals surface area contributed by atoms with Crippen molar-refractivity contribution in [3.8, 4) is 0 Å². The first-order valence-corrected chi connectivity index (χ1v) is 10.0. The maximum atomic E-state index is 10.8. The summed E-state index contributed by atoms with van der Waals surface area (Å²) in [6.45, 7) is 6.96. The Hall–Kier alpha value is -0.520. The maximum absolute atomic E-state index is 10.8. The molecule has 0 aromatic heterocycles. The van der Waals surface area contributed by atoms with Crippen molar-refractivity contribution in [3.63, 3.8) is 0 Å². The summed E-state index contributed by atoms with van der Waals surface area (Å²) in [6.07, 6.45) is 0.253. The number of halogens is 1. The van der Waals surface area contributed by atoms with E-state index in [1.165, 1.54) is 7.11 Å². The van der Waals surface area contributed by atoms with Gasteiger partial charge in [-0.15, -0.1) is 11.6 Å². The minimum absolute atomic E-state index is 0.253. The highest BCUT2D eigenvalue weighted by Crippen LogP contribution is 1.88. The molecule has 0 heterocycles. The van der Waals surface area contributed by atoms with Gasteiger partial charge < -0.3 is 37.9 Å². The Morgan fingerprint density at radius 3 is 1.11 bits per heavy atom. The van der Waals surface area contributed by atoms with Crippen LogP contribution in [0.4, 0.5) is 0 Å². The van der Waals surface area contributed by atoms with Crippen LogP contribution in [0.1, 0.15) is 6.42 Å². The molecule has 10 heteroatoms. The van der Waals surface area contributed by atoms with E-state index in [9.17, 15) is 4.79 Å². The largest absolute Gasteiger partial charge is 0.469 e. The molecule has 0 spiro atoms. The topological polar surface area (TPSA) is 90.9 Å². The molecule has 0 saturated carbocycles. The number of methoxy groups -OCH3 is 1. The molecule has 168 valence electrons. The van der Waals surface area contributed by atoms with Crippen LogP contribution in [-0.2, 0) is 42.7 Å². The molecule has 0 aliphatic carbocycles. The molecule has 0 aliphatic heterocycles. The van der Waals surface area contributed by atoms with E-state index in [1.54, 1.807) is 0 Å². The molecule has 9 nitrogen and oxygen atoms in total. The Balaban J connectivity index is 3.00. The lowest BCUT2D eigenvalue weighted by molar-refractivity contribution is -0.141. The average Bonchev–Trinajstić information content (AvgIpc) is 2.71. The standard InChI is InChI=1S/C18H35ClO9/c1-21-18(20)2-4-22-6-8-24-10-12-26-14-16-28-17-15-27-13-11-25-9-7-23-5-3-19/h2-17H2,1H3. The number of carbonyl (C=O) groups excluding carboxylic acids is 1. The van der Waals surface area contributed by atoms with Gasteiger partial charge in [-0.25, -0.2) is 0 Å². The van der Waals surface area contributed by atoms with Crippen LogP contribution in [-0.4, -0.2) is 111 Å². The lowest BCUT2D eigenvalue weighted by atomic mass is 10.5. The molecule has 0 bridgehead atoms. The molecule has 0 radical (unpaired) electrons. The first-order chi connectivity index (χ1) is 13.8.